The third kappa shape index (κ3) is 4.66. The summed E-state index contributed by atoms with van der Waals surface area (Å²) in [7, 11) is 1.20. The van der Waals surface area contributed by atoms with Crippen LogP contribution in [0.2, 0.25) is 0 Å². The van der Waals surface area contributed by atoms with Crippen LogP contribution in [0, 0.1) is 0 Å². The average Bonchev–Trinajstić information content (AvgIpc) is 2.55. The van der Waals surface area contributed by atoms with Crippen LogP contribution in [0.3, 0.4) is 0 Å². The summed E-state index contributed by atoms with van der Waals surface area (Å²) in [6, 6.07) is 9.65. The van der Waals surface area contributed by atoms with E-state index in [1.807, 2.05) is 0 Å². The number of carbonyl (C=O) groups excluding carboxylic acids is 2. The summed E-state index contributed by atoms with van der Waals surface area (Å²) in [5.41, 5.74) is -1.18. The predicted molar refractivity (Wildman–Crippen MR) is 91.0 cm³/mol. The Morgan fingerprint density at radius 2 is 1.80 bits per heavy atom. The first-order chi connectivity index (χ1) is 11.7. The smallest absolute Gasteiger partial charge is 0.412 e. The van der Waals surface area contributed by atoms with E-state index in [-0.39, 0.29) is 11.4 Å². The first-order valence-corrected chi connectivity index (χ1v) is 7.49. The minimum Gasteiger partial charge on any atom is -0.464 e. The van der Waals surface area contributed by atoms with E-state index in [1.54, 1.807) is 51.1 Å². The maximum absolute atomic E-state index is 12.6. The molecule has 0 aliphatic heterocycles. The van der Waals surface area contributed by atoms with Crippen molar-refractivity contribution >= 4 is 17.7 Å². The Kier molecular flexibility index (Phi) is 5.21. The molecule has 1 N–H and O–H groups in total. The lowest BCUT2D eigenvalue weighted by atomic mass is 10.2. The van der Waals surface area contributed by atoms with E-state index in [0.29, 0.717) is 5.69 Å². The number of methoxy groups -OCH3 is 1. The van der Waals surface area contributed by atoms with Gasteiger partial charge in [-0.25, -0.2) is 9.59 Å². The molecular weight excluding hydrogens is 326 g/mol. The van der Waals surface area contributed by atoms with Crippen molar-refractivity contribution in [2.24, 2.45) is 0 Å². The molecule has 0 saturated heterocycles. The molecule has 0 saturated carbocycles. The van der Waals surface area contributed by atoms with Crippen molar-refractivity contribution in [2.75, 3.05) is 12.4 Å². The van der Waals surface area contributed by atoms with Gasteiger partial charge in [-0.2, -0.15) is 9.78 Å². The van der Waals surface area contributed by atoms with Crippen LogP contribution in [0.25, 0.3) is 5.69 Å². The SMILES string of the molecule is COC(=O)c1cc(NC(=O)OC(C)(C)C)c(=O)n(-c2ccccc2)n1. The Morgan fingerprint density at radius 3 is 2.36 bits per heavy atom. The van der Waals surface area contributed by atoms with Crippen LogP contribution in [0.5, 0.6) is 0 Å². The molecule has 25 heavy (non-hydrogen) atoms. The lowest BCUT2D eigenvalue weighted by Gasteiger charge is -2.19. The number of esters is 1. The summed E-state index contributed by atoms with van der Waals surface area (Å²) < 4.78 is 10.8. The van der Waals surface area contributed by atoms with Gasteiger partial charge in [0.05, 0.1) is 12.8 Å². The van der Waals surface area contributed by atoms with Gasteiger partial charge in [-0.1, -0.05) is 18.2 Å². The second-order valence-electron chi connectivity index (χ2n) is 6.11. The third-order valence-electron chi connectivity index (χ3n) is 2.94. The van der Waals surface area contributed by atoms with Gasteiger partial charge in [0.15, 0.2) is 5.69 Å². The number of hydrogen-bond acceptors (Lipinski definition) is 6. The summed E-state index contributed by atoms with van der Waals surface area (Å²) >= 11 is 0. The van der Waals surface area contributed by atoms with Crippen molar-refractivity contribution in [3.05, 3.63) is 52.4 Å². The number of rotatable bonds is 3. The molecule has 2 aromatic rings. The van der Waals surface area contributed by atoms with Gasteiger partial charge in [0.2, 0.25) is 0 Å². The molecule has 0 fully saturated rings. The highest BCUT2D eigenvalue weighted by Crippen LogP contribution is 2.12. The standard InChI is InChI=1S/C17H19N3O5/c1-17(2,3)25-16(23)18-12-10-13(15(22)24-4)19-20(14(12)21)11-8-6-5-7-9-11/h5-10H,1-4H3,(H,18,23). The van der Waals surface area contributed by atoms with E-state index in [9.17, 15) is 14.4 Å². The Labute approximate surface area is 144 Å². The van der Waals surface area contributed by atoms with E-state index >= 15 is 0 Å². The Morgan fingerprint density at radius 1 is 1.16 bits per heavy atom. The Bertz CT molecular complexity index is 838. The van der Waals surface area contributed by atoms with Gasteiger partial charge in [-0.05, 0) is 32.9 Å². The molecular formula is C17H19N3O5. The van der Waals surface area contributed by atoms with Gasteiger partial charge in [0.25, 0.3) is 5.56 Å². The fourth-order valence-corrected chi connectivity index (χ4v) is 1.95. The number of para-hydroxylation sites is 1. The van der Waals surface area contributed by atoms with Gasteiger partial charge in [0, 0.05) is 6.07 Å². The summed E-state index contributed by atoms with van der Waals surface area (Å²) in [6.45, 7) is 5.09. The van der Waals surface area contributed by atoms with Crippen LogP contribution < -0.4 is 10.9 Å². The molecule has 0 spiro atoms. The minimum absolute atomic E-state index is 0.128. The van der Waals surface area contributed by atoms with E-state index < -0.39 is 23.2 Å². The lowest BCUT2D eigenvalue weighted by Crippen LogP contribution is -2.32. The summed E-state index contributed by atoms with van der Waals surface area (Å²) in [6.07, 6.45) is -0.814. The van der Waals surface area contributed by atoms with Crippen LogP contribution in [0.15, 0.2) is 41.2 Å². The molecule has 8 heteroatoms. The highest BCUT2D eigenvalue weighted by Gasteiger charge is 2.20. The number of benzene rings is 1. The molecule has 132 valence electrons. The van der Waals surface area contributed by atoms with Crippen LogP contribution in [0.1, 0.15) is 31.3 Å². The molecule has 1 heterocycles. The Hall–Kier alpha value is -3.16. The third-order valence-corrected chi connectivity index (χ3v) is 2.94. The number of aromatic nitrogens is 2. The van der Waals surface area contributed by atoms with Crippen molar-refractivity contribution < 1.29 is 19.1 Å². The zero-order chi connectivity index (χ0) is 18.6. The molecule has 1 aromatic heterocycles. The largest absolute Gasteiger partial charge is 0.464 e. The molecule has 0 aliphatic rings. The number of nitrogens with zero attached hydrogens (tertiary/aromatic N) is 2. The van der Waals surface area contributed by atoms with Crippen molar-refractivity contribution in [1.82, 2.24) is 9.78 Å². The van der Waals surface area contributed by atoms with Crippen LogP contribution in [0.4, 0.5) is 10.5 Å². The van der Waals surface area contributed by atoms with Gasteiger partial charge < -0.3 is 9.47 Å². The average molecular weight is 345 g/mol. The van der Waals surface area contributed by atoms with Crippen molar-refractivity contribution in [3.63, 3.8) is 0 Å². The first kappa shape index (κ1) is 18.2. The predicted octanol–water partition coefficient (Wildman–Crippen LogP) is 2.37. The van der Waals surface area contributed by atoms with Crippen LogP contribution >= 0.6 is 0 Å². The van der Waals surface area contributed by atoms with E-state index in [1.165, 1.54) is 7.11 Å². The number of hydrogen-bond donors (Lipinski definition) is 1. The second kappa shape index (κ2) is 7.16. The number of anilines is 1. The van der Waals surface area contributed by atoms with Crippen molar-refractivity contribution in [2.45, 2.75) is 26.4 Å². The number of amides is 1. The number of carbonyl (C=O) groups is 2. The molecule has 0 aliphatic carbocycles. The van der Waals surface area contributed by atoms with Gasteiger partial charge >= 0.3 is 12.1 Å². The zero-order valence-corrected chi connectivity index (χ0v) is 14.4. The zero-order valence-electron chi connectivity index (χ0n) is 14.4. The Balaban J connectivity index is 2.50. The van der Waals surface area contributed by atoms with Gasteiger partial charge in [-0.3, -0.25) is 10.1 Å². The number of nitrogens with one attached hydrogen (secondary N) is 1. The van der Waals surface area contributed by atoms with Crippen LogP contribution in [-0.2, 0) is 9.47 Å². The highest BCUT2D eigenvalue weighted by atomic mass is 16.6. The topological polar surface area (TPSA) is 99.5 Å². The highest BCUT2D eigenvalue weighted by molar-refractivity contribution is 5.90. The summed E-state index contributed by atoms with van der Waals surface area (Å²) in [5, 5.41) is 6.35. The van der Waals surface area contributed by atoms with E-state index in [0.717, 1.165) is 10.7 Å². The molecule has 0 atom stereocenters. The van der Waals surface area contributed by atoms with Crippen molar-refractivity contribution in [3.8, 4) is 5.69 Å². The van der Waals surface area contributed by atoms with Gasteiger partial charge in [0.1, 0.15) is 11.3 Å². The second-order valence-corrected chi connectivity index (χ2v) is 6.11. The monoisotopic (exact) mass is 345 g/mol. The molecule has 0 unspecified atom stereocenters. The maximum atomic E-state index is 12.6. The van der Waals surface area contributed by atoms with E-state index in [4.69, 9.17) is 4.74 Å². The molecule has 0 radical (unpaired) electrons. The quantitative estimate of drug-likeness (QED) is 0.857. The first-order valence-electron chi connectivity index (χ1n) is 7.49. The maximum Gasteiger partial charge on any atom is 0.412 e. The molecule has 2 rings (SSSR count). The minimum atomic E-state index is -0.814. The van der Waals surface area contributed by atoms with Gasteiger partial charge in [-0.15, -0.1) is 0 Å². The molecule has 1 amide bonds. The fourth-order valence-electron chi connectivity index (χ4n) is 1.95. The van der Waals surface area contributed by atoms with E-state index in [2.05, 4.69) is 15.2 Å². The fraction of sp³-hybridized carbons (Fsp3) is 0.294. The summed E-state index contributed by atoms with van der Waals surface area (Å²) in [5.74, 6) is -0.739. The normalized spacial score (nSPS) is 10.9. The molecule has 0 bridgehead atoms. The molecule has 8 nitrogen and oxygen atoms in total. The number of ether oxygens (including phenoxy) is 2. The summed E-state index contributed by atoms with van der Waals surface area (Å²) in [4.78, 5) is 36.4. The lowest BCUT2D eigenvalue weighted by molar-refractivity contribution is 0.0587. The molecule has 1 aromatic carbocycles. The van der Waals surface area contributed by atoms with Crippen LogP contribution in [-0.4, -0.2) is 34.6 Å². The van der Waals surface area contributed by atoms with Crippen molar-refractivity contribution in [1.29, 1.82) is 0 Å².